The Labute approximate surface area is 85.4 Å². The highest BCUT2D eigenvalue weighted by Crippen LogP contribution is 2.07. The molecule has 1 heterocycles. The van der Waals surface area contributed by atoms with Crippen molar-refractivity contribution in [3.8, 4) is 0 Å². The summed E-state index contributed by atoms with van der Waals surface area (Å²) in [7, 11) is 0. The normalized spacial score (nSPS) is 22.1. The van der Waals surface area contributed by atoms with Gasteiger partial charge in [0, 0.05) is 12.6 Å². The van der Waals surface area contributed by atoms with Crippen LogP contribution in [0, 0.1) is 0 Å². The zero-order chi connectivity index (χ0) is 10.6. The Morgan fingerprint density at radius 1 is 1.57 bits per heavy atom. The van der Waals surface area contributed by atoms with Crippen molar-refractivity contribution < 1.29 is 9.53 Å². The Morgan fingerprint density at radius 2 is 2.29 bits per heavy atom. The van der Waals surface area contributed by atoms with Crippen LogP contribution in [0.15, 0.2) is 0 Å². The van der Waals surface area contributed by atoms with E-state index in [0.717, 1.165) is 13.0 Å². The van der Waals surface area contributed by atoms with Gasteiger partial charge in [-0.25, -0.2) is 4.79 Å². The third kappa shape index (κ3) is 4.46. The summed E-state index contributed by atoms with van der Waals surface area (Å²) in [4.78, 5) is 11.3. The highest BCUT2D eigenvalue weighted by atomic mass is 16.6. The molecule has 2 N–H and O–H groups in total. The van der Waals surface area contributed by atoms with Crippen LogP contribution >= 0.6 is 0 Å². The fourth-order valence-electron chi connectivity index (χ4n) is 1.45. The van der Waals surface area contributed by atoms with Gasteiger partial charge in [0.15, 0.2) is 0 Å². The SMILES string of the molecule is CC(C)(C)OC(=O)NC[C@H]1CCCN1. The van der Waals surface area contributed by atoms with Crippen LogP contribution in [0.4, 0.5) is 4.79 Å². The quantitative estimate of drug-likeness (QED) is 0.705. The highest BCUT2D eigenvalue weighted by Gasteiger charge is 2.18. The highest BCUT2D eigenvalue weighted by molar-refractivity contribution is 5.67. The van der Waals surface area contributed by atoms with Crippen LogP contribution in [-0.4, -0.2) is 30.8 Å². The van der Waals surface area contributed by atoms with Crippen LogP contribution in [0.5, 0.6) is 0 Å². The van der Waals surface area contributed by atoms with Gasteiger partial charge in [0.05, 0.1) is 0 Å². The van der Waals surface area contributed by atoms with Crippen molar-refractivity contribution in [1.82, 2.24) is 10.6 Å². The monoisotopic (exact) mass is 200 g/mol. The zero-order valence-corrected chi connectivity index (χ0v) is 9.22. The van der Waals surface area contributed by atoms with E-state index < -0.39 is 5.60 Å². The maximum absolute atomic E-state index is 11.3. The molecule has 0 saturated carbocycles. The number of ether oxygens (including phenoxy) is 1. The lowest BCUT2D eigenvalue weighted by atomic mass is 10.2. The van der Waals surface area contributed by atoms with Crippen molar-refractivity contribution in [2.24, 2.45) is 0 Å². The van der Waals surface area contributed by atoms with Crippen molar-refractivity contribution in [3.05, 3.63) is 0 Å². The number of alkyl carbamates (subject to hydrolysis) is 1. The second-order valence-electron chi connectivity index (χ2n) is 4.68. The Balaban J connectivity index is 2.14. The van der Waals surface area contributed by atoms with E-state index in [-0.39, 0.29) is 6.09 Å². The summed E-state index contributed by atoms with van der Waals surface area (Å²) in [5.74, 6) is 0. The molecular weight excluding hydrogens is 180 g/mol. The molecule has 1 amide bonds. The summed E-state index contributed by atoms with van der Waals surface area (Å²) >= 11 is 0. The first-order valence-electron chi connectivity index (χ1n) is 5.17. The summed E-state index contributed by atoms with van der Waals surface area (Å²) in [6.45, 7) is 7.30. The molecule has 0 aromatic carbocycles. The molecule has 1 saturated heterocycles. The predicted molar refractivity (Wildman–Crippen MR) is 55.3 cm³/mol. The van der Waals surface area contributed by atoms with Crippen LogP contribution in [0.25, 0.3) is 0 Å². The molecule has 4 nitrogen and oxygen atoms in total. The van der Waals surface area contributed by atoms with Crippen molar-refractivity contribution in [2.75, 3.05) is 13.1 Å². The van der Waals surface area contributed by atoms with E-state index in [1.165, 1.54) is 6.42 Å². The lowest BCUT2D eigenvalue weighted by Crippen LogP contribution is -2.39. The summed E-state index contributed by atoms with van der Waals surface area (Å²) in [5, 5.41) is 6.06. The summed E-state index contributed by atoms with van der Waals surface area (Å²) in [6.07, 6.45) is 2.00. The van der Waals surface area contributed by atoms with E-state index >= 15 is 0 Å². The minimum atomic E-state index is -0.410. The topological polar surface area (TPSA) is 50.4 Å². The Kier molecular flexibility index (Phi) is 3.75. The van der Waals surface area contributed by atoms with Crippen molar-refractivity contribution >= 4 is 6.09 Å². The number of hydrogen-bond acceptors (Lipinski definition) is 3. The Hall–Kier alpha value is -0.770. The number of carbonyl (C=O) groups excluding carboxylic acids is 1. The number of carbonyl (C=O) groups is 1. The van der Waals surface area contributed by atoms with Crippen LogP contribution in [0.2, 0.25) is 0 Å². The predicted octanol–water partition coefficient (Wildman–Crippen LogP) is 1.26. The molecule has 0 radical (unpaired) electrons. The van der Waals surface area contributed by atoms with Gasteiger partial charge in [-0.1, -0.05) is 0 Å². The summed E-state index contributed by atoms with van der Waals surface area (Å²) < 4.78 is 5.12. The van der Waals surface area contributed by atoms with Crippen molar-refractivity contribution in [1.29, 1.82) is 0 Å². The Morgan fingerprint density at radius 3 is 2.79 bits per heavy atom. The third-order valence-corrected chi connectivity index (χ3v) is 2.05. The van der Waals surface area contributed by atoms with Gasteiger partial charge in [-0.05, 0) is 40.2 Å². The van der Waals surface area contributed by atoms with Crippen LogP contribution in [0.1, 0.15) is 33.6 Å². The summed E-state index contributed by atoms with van der Waals surface area (Å²) in [5.41, 5.74) is -0.410. The molecule has 0 bridgehead atoms. The van der Waals surface area contributed by atoms with Crippen molar-refractivity contribution in [3.63, 3.8) is 0 Å². The van der Waals surface area contributed by atoms with E-state index in [0.29, 0.717) is 12.6 Å². The minimum absolute atomic E-state index is 0.328. The molecule has 82 valence electrons. The van der Waals surface area contributed by atoms with Crippen LogP contribution in [-0.2, 0) is 4.74 Å². The fourth-order valence-corrected chi connectivity index (χ4v) is 1.45. The average molecular weight is 200 g/mol. The van der Waals surface area contributed by atoms with Gasteiger partial charge in [-0.15, -0.1) is 0 Å². The van der Waals surface area contributed by atoms with Crippen LogP contribution < -0.4 is 10.6 Å². The molecule has 0 aromatic heterocycles. The second kappa shape index (κ2) is 4.64. The van der Waals surface area contributed by atoms with Gasteiger partial charge in [0.25, 0.3) is 0 Å². The maximum atomic E-state index is 11.3. The largest absolute Gasteiger partial charge is 0.444 e. The molecule has 0 unspecified atom stereocenters. The van der Waals surface area contributed by atoms with Crippen molar-refractivity contribution in [2.45, 2.75) is 45.3 Å². The molecule has 14 heavy (non-hydrogen) atoms. The molecule has 1 aliphatic rings. The van der Waals surface area contributed by atoms with Gasteiger partial charge >= 0.3 is 6.09 Å². The molecule has 0 aromatic rings. The van der Waals surface area contributed by atoms with E-state index in [9.17, 15) is 4.79 Å². The number of rotatable bonds is 2. The third-order valence-electron chi connectivity index (χ3n) is 2.05. The minimum Gasteiger partial charge on any atom is -0.444 e. The van der Waals surface area contributed by atoms with Gasteiger partial charge < -0.3 is 15.4 Å². The van der Waals surface area contributed by atoms with Gasteiger partial charge in [0.1, 0.15) is 5.60 Å². The lowest BCUT2D eigenvalue weighted by molar-refractivity contribution is 0.0523. The molecule has 0 spiro atoms. The molecule has 1 atom stereocenters. The Bertz CT molecular complexity index is 193. The maximum Gasteiger partial charge on any atom is 0.407 e. The molecule has 1 fully saturated rings. The van der Waals surface area contributed by atoms with E-state index in [1.54, 1.807) is 0 Å². The first kappa shape index (κ1) is 11.3. The molecule has 1 aliphatic heterocycles. The number of hydrogen-bond donors (Lipinski definition) is 2. The van der Waals surface area contributed by atoms with E-state index in [2.05, 4.69) is 10.6 Å². The second-order valence-corrected chi connectivity index (χ2v) is 4.68. The lowest BCUT2D eigenvalue weighted by Gasteiger charge is -2.20. The van der Waals surface area contributed by atoms with Gasteiger partial charge in [-0.3, -0.25) is 0 Å². The molecule has 1 rings (SSSR count). The number of nitrogens with one attached hydrogen (secondary N) is 2. The van der Waals surface area contributed by atoms with Gasteiger partial charge in [-0.2, -0.15) is 0 Å². The number of amides is 1. The molecule has 4 heteroatoms. The average Bonchev–Trinajstić information content (AvgIpc) is 2.49. The van der Waals surface area contributed by atoms with E-state index in [1.807, 2.05) is 20.8 Å². The molecular formula is C10H20N2O2. The van der Waals surface area contributed by atoms with Crippen LogP contribution in [0.3, 0.4) is 0 Å². The summed E-state index contributed by atoms with van der Waals surface area (Å²) in [6, 6.07) is 0.419. The standard InChI is InChI=1S/C10H20N2O2/c1-10(2,3)14-9(13)12-7-8-5-4-6-11-8/h8,11H,4-7H2,1-3H3,(H,12,13)/t8-/m1/s1. The fraction of sp³-hybridized carbons (Fsp3) is 0.900. The molecule has 0 aliphatic carbocycles. The first-order chi connectivity index (χ1) is 6.47. The zero-order valence-electron chi connectivity index (χ0n) is 9.22. The van der Waals surface area contributed by atoms with E-state index in [4.69, 9.17) is 4.74 Å². The first-order valence-corrected chi connectivity index (χ1v) is 5.17. The smallest absolute Gasteiger partial charge is 0.407 e. The van der Waals surface area contributed by atoms with Gasteiger partial charge in [0.2, 0.25) is 0 Å².